The first-order valence-corrected chi connectivity index (χ1v) is 12.3. The van der Waals surface area contributed by atoms with Gasteiger partial charge in [0.25, 0.3) is 0 Å². The van der Waals surface area contributed by atoms with Crippen LogP contribution < -0.4 is 5.19 Å². The van der Waals surface area contributed by atoms with E-state index in [4.69, 9.17) is 0 Å². The highest BCUT2D eigenvalue weighted by Crippen LogP contribution is 2.44. The standard InChI is InChI=1S/C23H30Si/c1-23(2)17-11-14-20(18-23)22(19-12-7-5-8-13-19)24(3,4)21-15-9-6-10-16-21/h5-10,12-16,22H,11,17-18H2,1-4H3. The van der Waals surface area contributed by atoms with E-state index < -0.39 is 8.07 Å². The van der Waals surface area contributed by atoms with Crippen molar-refractivity contribution in [2.24, 2.45) is 5.41 Å². The lowest BCUT2D eigenvalue weighted by molar-refractivity contribution is 0.316. The van der Waals surface area contributed by atoms with Crippen molar-refractivity contribution in [2.75, 3.05) is 0 Å². The first kappa shape index (κ1) is 17.2. The van der Waals surface area contributed by atoms with Crippen LogP contribution in [0.4, 0.5) is 0 Å². The molecule has 0 fully saturated rings. The molecule has 0 radical (unpaired) electrons. The molecule has 1 unspecified atom stereocenters. The number of rotatable bonds is 4. The molecule has 0 aliphatic heterocycles. The monoisotopic (exact) mass is 334 g/mol. The Morgan fingerprint density at radius 1 is 0.875 bits per heavy atom. The van der Waals surface area contributed by atoms with Crippen LogP contribution in [0.1, 0.15) is 44.2 Å². The van der Waals surface area contributed by atoms with Gasteiger partial charge in [0, 0.05) is 5.54 Å². The number of allylic oxidation sites excluding steroid dienone is 2. The van der Waals surface area contributed by atoms with Crippen molar-refractivity contribution in [2.45, 2.75) is 51.7 Å². The topological polar surface area (TPSA) is 0 Å². The van der Waals surface area contributed by atoms with Gasteiger partial charge >= 0.3 is 0 Å². The van der Waals surface area contributed by atoms with Crippen LogP contribution in [-0.4, -0.2) is 8.07 Å². The lowest BCUT2D eigenvalue weighted by atomic mass is 9.76. The fourth-order valence-electron chi connectivity index (χ4n) is 4.36. The molecule has 0 saturated carbocycles. The van der Waals surface area contributed by atoms with E-state index >= 15 is 0 Å². The zero-order valence-electron chi connectivity index (χ0n) is 15.5. The molecule has 2 aromatic carbocycles. The average molecular weight is 335 g/mol. The van der Waals surface area contributed by atoms with E-state index in [-0.39, 0.29) is 0 Å². The van der Waals surface area contributed by atoms with Crippen molar-refractivity contribution in [1.82, 2.24) is 0 Å². The van der Waals surface area contributed by atoms with Gasteiger partial charge in [-0.15, -0.1) is 0 Å². The van der Waals surface area contributed by atoms with E-state index in [9.17, 15) is 0 Å². The Labute approximate surface area is 148 Å². The minimum absolute atomic E-state index is 0.429. The normalized spacial score (nSPS) is 18.8. The highest BCUT2D eigenvalue weighted by molar-refractivity contribution is 6.91. The summed E-state index contributed by atoms with van der Waals surface area (Å²) in [6.07, 6.45) is 6.33. The third-order valence-corrected chi connectivity index (χ3v) is 9.62. The zero-order valence-corrected chi connectivity index (χ0v) is 16.5. The van der Waals surface area contributed by atoms with Gasteiger partial charge in [-0.25, -0.2) is 0 Å². The molecule has 0 spiro atoms. The maximum absolute atomic E-state index is 2.56. The average Bonchev–Trinajstić information content (AvgIpc) is 2.56. The minimum Gasteiger partial charge on any atom is -0.0850 e. The summed E-state index contributed by atoms with van der Waals surface area (Å²) >= 11 is 0. The molecule has 1 aliphatic carbocycles. The molecule has 0 N–H and O–H groups in total. The lowest BCUT2D eigenvalue weighted by Crippen LogP contribution is -2.49. The summed E-state index contributed by atoms with van der Waals surface area (Å²) in [5.41, 5.74) is 4.18. The van der Waals surface area contributed by atoms with Gasteiger partial charge < -0.3 is 0 Å². The van der Waals surface area contributed by atoms with Gasteiger partial charge in [0.15, 0.2) is 0 Å². The van der Waals surface area contributed by atoms with Crippen molar-refractivity contribution < 1.29 is 0 Å². The van der Waals surface area contributed by atoms with Crippen LogP contribution in [-0.2, 0) is 0 Å². The Balaban J connectivity index is 2.08. The van der Waals surface area contributed by atoms with E-state index in [0.717, 1.165) is 0 Å². The van der Waals surface area contributed by atoms with Crippen LogP contribution in [0, 0.1) is 5.41 Å². The van der Waals surface area contributed by atoms with Crippen LogP contribution >= 0.6 is 0 Å². The summed E-state index contributed by atoms with van der Waals surface area (Å²) < 4.78 is 0. The van der Waals surface area contributed by atoms with Crippen LogP contribution in [0.25, 0.3) is 0 Å². The number of hydrogen-bond acceptors (Lipinski definition) is 0. The van der Waals surface area contributed by atoms with Gasteiger partial charge in [0.2, 0.25) is 0 Å². The summed E-state index contributed by atoms with van der Waals surface area (Å²) in [6, 6.07) is 22.4. The SMILES string of the molecule is CC1(C)CCC=C(C(c2ccccc2)[Si](C)(C)c2ccccc2)C1. The van der Waals surface area contributed by atoms with Crippen LogP contribution in [0.15, 0.2) is 72.3 Å². The van der Waals surface area contributed by atoms with Gasteiger partial charge in [-0.2, -0.15) is 0 Å². The smallest absolute Gasteiger partial charge is 0.0850 e. The van der Waals surface area contributed by atoms with Gasteiger partial charge in [0.05, 0.1) is 8.07 Å². The van der Waals surface area contributed by atoms with Crippen LogP contribution in [0.2, 0.25) is 13.1 Å². The lowest BCUT2D eigenvalue weighted by Gasteiger charge is -2.40. The molecule has 1 heteroatoms. The van der Waals surface area contributed by atoms with Gasteiger partial charge in [-0.05, 0) is 30.2 Å². The van der Waals surface area contributed by atoms with Gasteiger partial charge in [-0.1, -0.05) is 104 Å². The first-order valence-electron chi connectivity index (χ1n) is 9.19. The highest BCUT2D eigenvalue weighted by atomic mass is 28.3. The molecule has 3 rings (SSSR count). The molecular weight excluding hydrogens is 304 g/mol. The molecule has 1 aliphatic rings. The summed E-state index contributed by atoms with van der Waals surface area (Å²) in [6.45, 7) is 9.95. The van der Waals surface area contributed by atoms with Crippen LogP contribution in [0.5, 0.6) is 0 Å². The maximum Gasteiger partial charge on any atom is 0.0922 e. The summed E-state index contributed by atoms with van der Waals surface area (Å²) in [4.78, 5) is 0. The maximum atomic E-state index is 2.56. The molecule has 24 heavy (non-hydrogen) atoms. The van der Waals surface area contributed by atoms with Crippen molar-refractivity contribution >= 4 is 13.3 Å². The number of benzene rings is 2. The van der Waals surface area contributed by atoms with Crippen molar-refractivity contribution in [3.8, 4) is 0 Å². The number of hydrogen-bond donors (Lipinski definition) is 0. The molecule has 0 aromatic heterocycles. The largest absolute Gasteiger partial charge is 0.0922 e. The van der Waals surface area contributed by atoms with E-state index in [0.29, 0.717) is 11.0 Å². The zero-order chi connectivity index (χ0) is 17.2. The molecule has 2 aromatic rings. The minimum atomic E-state index is -1.67. The van der Waals surface area contributed by atoms with Crippen molar-refractivity contribution in [1.29, 1.82) is 0 Å². The molecule has 0 nitrogen and oxygen atoms in total. The summed E-state index contributed by atoms with van der Waals surface area (Å²) in [7, 11) is -1.67. The van der Waals surface area contributed by atoms with Gasteiger partial charge in [0.1, 0.15) is 0 Å². The fourth-order valence-corrected chi connectivity index (χ4v) is 7.91. The molecule has 0 saturated heterocycles. The second-order valence-corrected chi connectivity index (χ2v) is 13.2. The predicted molar refractivity (Wildman–Crippen MR) is 108 cm³/mol. The predicted octanol–water partition coefficient (Wildman–Crippen LogP) is 6.06. The Hall–Kier alpha value is -1.60. The highest BCUT2D eigenvalue weighted by Gasteiger charge is 2.39. The molecule has 126 valence electrons. The van der Waals surface area contributed by atoms with E-state index in [2.05, 4.69) is 93.7 Å². The molecule has 0 amide bonds. The quantitative estimate of drug-likeness (QED) is 0.471. The molecule has 0 bridgehead atoms. The molecular formula is C23H30Si. The van der Waals surface area contributed by atoms with Crippen LogP contribution in [0.3, 0.4) is 0 Å². The van der Waals surface area contributed by atoms with Crippen molar-refractivity contribution in [3.63, 3.8) is 0 Å². The van der Waals surface area contributed by atoms with E-state index in [1.165, 1.54) is 24.8 Å². The molecule has 0 heterocycles. The Morgan fingerprint density at radius 3 is 2.04 bits per heavy atom. The third-order valence-electron chi connectivity index (χ3n) is 5.65. The summed E-state index contributed by atoms with van der Waals surface area (Å²) in [5, 5.41) is 1.56. The first-order chi connectivity index (χ1) is 11.4. The van der Waals surface area contributed by atoms with E-state index in [1.807, 2.05) is 0 Å². The van der Waals surface area contributed by atoms with E-state index in [1.54, 1.807) is 10.8 Å². The Bertz CT molecular complexity index is 695. The van der Waals surface area contributed by atoms with Crippen molar-refractivity contribution in [3.05, 3.63) is 77.9 Å². The Morgan fingerprint density at radius 2 is 1.46 bits per heavy atom. The third kappa shape index (κ3) is 3.56. The van der Waals surface area contributed by atoms with Gasteiger partial charge in [-0.3, -0.25) is 0 Å². The fraction of sp³-hybridized carbons (Fsp3) is 0.391. The second-order valence-electron chi connectivity index (χ2n) is 8.59. The Kier molecular flexibility index (Phi) is 4.82. The molecule has 1 atom stereocenters. The summed E-state index contributed by atoms with van der Waals surface area (Å²) in [5.74, 6) is 0. The second kappa shape index (κ2) is 6.72.